The summed E-state index contributed by atoms with van der Waals surface area (Å²) in [5, 5.41) is 0.120. The van der Waals surface area contributed by atoms with E-state index in [2.05, 4.69) is 19.6 Å². The maximum absolute atomic E-state index is 12.2. The van der Waals surface area contributed by atoms with Gasteiger partial charge in [0.1, 0.15) is 5.82 Å². The maximum Gasteiger partial charge on any atom is 0.257 e. The second-order valence-electron chi connectivity index (χ2n) is 5.65. The van der Waals surface area contributed by atoms with Gasteiger partial charge in [0.05, 0.1) is 18.9 Å². The smallest absolute Gasteiger partial charge is 0.257 e. The zero-order chi connectivity index (χ0) is 14.9. The number of ether oxygens (including phenoxy) is 1. The number of aryl methyl sites for hydroxylation is 1. The third kappa shape index (κ3) is 3.28. The Kier molecular flexibility index (Phi) is 4.30. The number of hydrogen-bond donors (Lipinski definition) is 2. The maximum atomic E-state index is 12.2. The number of rotatable bonds is 5. The molecule has 0 aliphatic carbocycles. The van der Waals surface area contributed by atoms with Crippen molar-refractivity contribution in [1.82, 2.24) is 19.6 Å². The van der Waals surface area contributed by atoms with Crippen LogP contribution in [-0.2, 0) is 21.2 Å². The molecule has 1 aromatic heterocycles. The van der Waals surface area contributed by atoms with Gasteiger partial charge < -0.3 is 9.72 Å². The standard InChI is InChI=1S/C13H22N4O3S/c1-2-12-14-7-13(16-12)21(18,19)15-6-11-8-17-5-3-4-10(17)9-20-11/h7,10-11,15H,2-6,8-9H2,1H3,(H,14,16). The number of nitrogens with one attached hydrogen (secondary N) is 2. The van der Waals surface area contributed by atoms with Crippen LogP contribution in [0, 0.1) is 0 Å². The molecule has 3 heterocycles. The summed E-state index contributed by atoms with van der Waals surface area (Å²) >= 11 is 0. The number of aromatic amines is 1. The van der Waals surface area contributed by atoms with Gasteiger partial charge in [-0.3, -0.25) is 4.90 Å². The molecule has 2 N–H and O–H groups in total. The Labute approximate surface area is 125 Å². The molecule has 0 spiro atoms. The summed E-state index contributed by atoms with van der Waals surface area (Å²) in [6.45, 7) is 4.82. The molecular weight excluding hydrogens is 292 g/mol. The summed E-state index contributed by atoms with van der Waals surface area (Å²) in [7, 11) is -3.54. The van der Waals surface area contributed by atoms with Crippen molar-refractivity contribution in [2.45, 2.75) is 43.4 Å². The number of aromatic nitrogens is 2. The number of H-pyrrole nitrogens is 1. The highest BCUT2D eigenvalue weighted by molar-refractivity contribution is 7.89. The first kappa shape index (κ1) is 15.0. The molecule has 8 heteroatoms. The molecule has 0 aromatic carbocycles. The number of sulfonamides is 1. The van der Waals surface area contributed by atoms with Crippen molar-refractivity contribution in [3.8, 4) is 0 Å². The van der Waals surface area contributed by atoms with E-state index in [1.807, 2.05) is 6.92 Å². The summed E-state index contributed by atoms with van der Waals surface area (Å²) in [6.07, 6.45) is 4.35. The molecule has 0 amide bonds. The SMILES string of the molecule is CCc1ncc(S(=O)(=O)NCC2CN3CCCC3CO2)[nH]1. The Balaban J connectivity index is 1.56. The average Bonchev–Trinajstić information content (AvgIpc) is 3.13. The van der Waals surface area contributed by atoms with Crippen molar-refractivity contribution in [3.05, 3.63) is 12.0 Å². The molecular formula is C13H22N4O3S. The van der Waals surface area contributed by atoms with Crippen LogP contribution in [-0.4, -0.2) is 61.7 Å². The van der Waals surface area contributed by atoms with E-state index in [-0.39, 0.29) is 11.1 Å². The van der Waals surface area contributed by atoms with Gasteiger partial charge in [-0.2, -0.15) is 0 Å². The summed E-state index contributed by atoms with van der Waals surface area (Å²) in [5.41, 5.74) is 0. The first-order chi connectivity index (χ1) is 10.1. The Bertz CT molecular complexity index is 586. The summed E-state index contributed by atoms with van der Waals surface area (Å²) in [6, 6.07) is 0.526. The topological polar surface area (TPSA) is 87.3 Å². The van der Waals surface area contributed by atoms with E-state index in [9.17, 15) is 8.42 Å². The van der Waals surface area contributed by atoms with Crippen LogP contribution in [0.4, 0.5) is 0 Å². The Morgan fingerprint density at radius 3 is 3.19 bits per heavy atom. The molecule has 21 heavy (non-hydrogen) atoms. The molecule has 3 rings (SSSR count). The van der Waals surface area contributed by atoms with Gasteiger partial charge in [0.25, 0.3) is 10.0 Å². The lowest BCUT2D eigenvalue weighted by Crippen LogP contribution is -2.50. The van der Waals surface area contributed by atoms with Crippen LogP contribution in [0.3, 0.4) is 0 Å². The quantitative estimate of drug-likeness (QED) is 0.806. The van der Waals surface area contributed by atoms with E-state index in [1.165, 1.54) is 19.0 Å². The molecule has 2 aliphatic heterocycles. The second-order valence-corrected chi connectivity index (χ2v) is 7.38. The number of fused-ring (bicyclic) bond motifs is 1. The van der Waals surface area contributed by atoms with Crippen LogP contribution in [0.25, 0.3) is 0 Å². The monoisotopic (exact) mass is 314 g/mol. The van der Waals surface area contributed by atoms with Crippen molar-refractivity contribution in [2.75, 3.05) is 26.2 Å². The predicted molar refractivity (Wildman–Crippen MR) is 77.5 cm³/mol. The molecule has 2 aliphatic rings. The highest BCUT2D eigenvalue weighted by Gasteiger charge is 2.32. The minimum Gasteiger partial charge on any atom is -0.374 e. The summed E-state index contributed by atoms with van der Waals surface area (Å²) < 4.78 is 32.7. The van der Waals surface area contributed by atoms with Gasteiger partial charge in [-0.1, -0.05) is 6.92 Å². The highest BCUT2D eigenvalue weighted by Crippen LogP contribution is 2.22. The molecule has 2 unspecified atom stereocenters. The Morgan fingerprint density at radius 2 is 2.43 bits per heavy atom. The van der Waals surface area contributed by atoms with Crippen LogP contribution >= 0.6 is 0 Å². The lowest BCUT2D eigenvalue weighted by Gasteiger charge is -2.35. The predicted octanol–water partition coefficient (Wildman–Crippen LogP) is 0.114. The van der Waals surface area contributed by atoms with Gasteiger partial charge >= 0.3 is 0 Å². The van der Waals surface area contributed by atoms with Gasteiger partial charge in [0.2, 0.25) is 0 Å². The number of nitrogens with zero attached hydrogens (tertiary/aromatic N) is 2. The molecule has 1 aromatic rings. The number of morpholine rings is 1. The molecule has 7 nitrogen and oxygen atoms in total. The van der Waals surface area contributed by atoms with Crippen molar-refractivity contribution < 1.29 is 13.2 Å². The zero-order valence-corrected chi connectivity index (χ0v) is 13.0. The molecule has 0 saturated carbocycles. The van der Waals surface area contributed by atoms with Crippen LogP contribution in [0.5, 0.6) is 0 Å². The van der Waals surface area contributed by atoms with Gasteiger partial charge in [-0.25, -0.2) is 18.1 Å². The molecule has 0 radical (unpaired) electrons. The molecule has 2 fully saturated rings. The zero-order valence-electron chi connectivity index (χ0n) is 12.2. The van der Waals surface area contributed by atoms with Gasteiger partial charge in [-0.05, 0) is 19.4 Å². The third-order valence-corrected chi connectivity index (χ3v) is 5.53. The van der Waals surface area contributed by atoms with E-state index >= 15 is 0 Å². The Morgan fingerprint density at radius 1 is 1.57 bits per heavy atom. The first-order valence-corrected chi connectivity index (χ1v) is 8.96. The molecule has 2 atom stereocenters. The summed E-state index contributed by atoms with van der Waals surface area (Å²) in [4.78, 5) is 9.24. The number of hydrogen-bond acceptors (Lipinski definition) is 5. The summed E-state index contributed by atoms with van der Waals surface area (Å²) in [5.74, 6) is 0.671. The van der Waals surface area contributed by atoms with Crippen LogP contribution in [0.15, 0.2) is 11.2 Å². The van der Waals surface area contributed by atoms with Crippen molar-refractivity contribution in [1.29, 1.82) is 0 Å². The minimum absolute atomic E-state index is 0.0808. The van der Waals surface area contributed by atoms with E-state index in [0.717, 1.165) is 13.1 Å². The molecule has 0 bridgehead atoms. The van der Waals surface area contributed by atoms with Crippen LogP contribution in [0.1, 0.15) is 25.6 Å². The average molecular weight is 314 g/mol. The lowest BCUT2D eigenvalue weighted by molar-refractivity contribution is -0.0449. The van der Waals surface area contributed by atoms with E-state index in [1.54, 1.807) is 0 Å². The molecule has 118 valence electrons. The second kappa shape index (κ2) is 6.04. The minimum atomic E-state index is -3.54. The van der Waals surface area contributed by atoms with E-state index in [0.29, 0.717) is 31.4 Å². The number of imidazole rings is 1. The van der Waals surface area contributed by atoms with E-state index in [4.69, 9.17) is 4.74 Å². The Hall–Kier alpha value is -0.960. The fraction of sp³-hybridized carbons (Fsp3) is 0.769. The van der Waals surface area contributed by atoms with Crippen LogP contribution in [0.2, 0.25) is 0 Å². The largest absolute Gasteiger partial charge is 0.374 e. The van der Waals surface area contributed by atoms with Crippen LogP contribution < -0.4 is 4.72 Å². The third-order valence-electron chi connectivity index (χ3n) is 4.19. The van der Waals surface area contributed by atoms with Gasteiger partial charge in [0.15, 0.2) is 5.03 Å². The normalized spacial score (nSPS) is 26.9. The van der Waals surface area contributed by atoms with Crippen molar-refractivity contribution in [2.24, 2.45) is 0 Å². The lowest BCUT2D eigenvalue weighted by atomic mass is 10.2. The fourth-order valence-corrected chi connectivity index (χ4v) is 3.95. The van der Waals surface area contributed by atoms with Crippen molar-refractivity contribution in [3.63, 3.8) is 0 Å². The first-order valence-electron chi connectivity index (χ1n) is 7.47. The van der Waals surface area contributed by atoms with E-state index < -0.39 is 10.0 Å². The van der Waals surface area contributed by atoms with Gasteiger partial charge in [0, 0.05) is 25.6 Å². The highest BCUT2D eigenvalue weighted by atomic mass is 32.2. The fourth-order valence-electron chi connectivity index (χ4n) is 2.95. The van der Waals surface area contributed by atoms with Crippen molar-refractivity contribution >= 4 is 10.0 Å². The molecule has 2 saturated heterocycles. The van der Waals surface area contributed by atoms with Gasteiger partial charge in [-0.15, -0.1) is 0 Å².